The molecule has 0 saturated carbocycles. The van der Waals surface area contributed by atoms with Gasteiger partial charge in [0.15, 0.2) is 0 Å². The molecule has 1 atom stereocenters. The molecule has 2 rings (SSSR count). The Morgan fingerprint density at radius 1 is 1.12 bits per heavy atom. The Morgan fingerprint density at radius 3 is 2.24 bits per heavy atom. The van der Waals surface area contributed by atoms with Gasteiger partial charge in [-0.25, -0.2) is 13.1 Å². The zero-order valence-corrected chi connectivity index (χ0v) is 14.6. The minimum Gasteiger partial charge on any atom is -0.375 e. The van der Waals surface area contributed by atoms with Crippen molar-refractivity contribution in [2.24, 2.45) is 0 Å². The van der Waals surface area contributed by atoms with E-state index in [9.17, 15) is 21.6 Å². The standard InChI is InChI=1S/C16H15ClF3NO3S/c1-24-15(13-4-2-3-5-14(13)17)10-21-25(22,23)12-8-6-11(7-9-12)16(18,19)20/h2-9,15,21H,10H2,1H3/t15-/m1/s1. The molecule has 2 aromatic rings. The van der Waals surface area contributed by atoms with Crippen LogP contribution in [-0.4, -0.2) is 22.1 Å². The molecule has 0 aliphatic carbocycles. The number of benzene rings is 2. The van der Waals surface area contributed by atoms with Gasteiger partial charge in [-0.1, -0.05) is 29.8 Å². The molecule has 25 heavy (non-hydrogen) atoms. The van der Waals surface area contributed by atoms with Crippen molar-refractivity contribution in [1.29, 1.82) is 0 Å². The molecule has 9 heteroatoms. The number of methoxy groups -OCH3 is 1. The predicted octanol–water partition coefficient (Wildman–Crippen LogP) is 4.02. The molecule has 0 amide bonds. The van der Waals surface area contributed by atoms with Crippen molar-refractivity contribution in [3.8, 4) is 0 Å². The molecule has 2 aromatic carbocycles. The summed E-state index contributed by atoms with van der Waals surface area (Å²) in [5, 5.41) is 0.420. The second-order valence-electron chi connectivity index (χ2n) is 5.12. The number of hydrogen-bond donors (Lipinski definition) is 1. The Hall–Kier alpha value is -1.61. The van der Waals surface area contributed by atoms with E-state index in [4.69, 9.17) is 16.3 Å². The van der Waals surface area contributed by atoms with Gasteiger partial charge in [-0.15, -0.1) is 0 Å². The third kappa shape index (κ3) is 4.94. The molecular weight excluding hydrogens is 379 g/mol. The van der Waals surface area contributed by atoms with E-state index in [1.165, 1.54) is 7.11 Å². The first-order chi connectivity index (χ1) is 11.6. The van der Waals surface area contributed by atoms with Crippen molar-refractivity contribution >= 4 is 21.6 Å². The summed E-state index contributed by atoms with van der Waals surface area (Å²) in [6.07, 6.45) is -5.17. The fraction of sp³-hybridized carbons (Fsp3) is 0.250. The second-order valence-corrected chi connectivity index (χ2v) is 7.29. The molecule has 136 valence electrons. The molecule has 0 aliphatic heterocycles. The largest absolute Gasteiger partial charge is 0.416 e. The van der Waals surface area contributed by atoms with Gasteiger partial charge < -0.3 is 4.74 Å². The summed E-state index contributed by atoms with van der Waals surface area (Å²) >= 11 is 6.06. The Balaban J connectivity index is 2.14. The molecule has 0 bridgehead atoms. The number of halogens is 4. The predicted molar refractivity (Wildman–Crippen MR) is 87.8 cm³/mol. The van der Waals surface area contributed by atoms with E-state index >= 15 is 0 Å². The monoisotopic (exact) mass is 393 g/mol. The topological polar surface area (TPSA) is 55.4 Å². The van der Waals surface area contributed by atoms with Crippen LogP contribution < -0.4 is 4.72 Å². The Labute approximate surface area is 148 Å². The third-order valence-electron chi connectivity index (χ3n) is 3.49. The van der Waals surface area contributed by atoms with Gasteiger partial charge in [0, 0.05) is 24.2 Å². The molecule has 0 saturated heterocycles. The lowest BCUT2D eigenvalue weighted by Gasteiger charge is -2.18. The second kappa shape index (κ2) is 7.74. The average molecular weight is 394 g/mol. The number of sulfonamides is 1. The van der Waals surface area contributed by atoms with Crippen LogP contribution in [0.4, 0.5) is 13.2 Å². The van der Waals surface area contributed by atoms with Crippen molar-refractivity contribution in [3.63, 3.8) is 0 Å². The SMILES string of the molecule is CO[C@H](CNS(=O)(=O)c1ccc(C(F)(F)F)cc1)c1ccccc1Cl. The summed E-state index contributed by atoms with van der Waals surface area (Å²) in [4.78, 5) is -0.269. The van der Waals surface area contributed by atoms with E-state index in [2.05, 4.69) is 4.72 Å². The van der Waals surface area contributed by atoms with Crippen LogP contribution >= 0.6 is 11.6 Å². The molecule has 0 unspecified atom stereocenters. The molecule has 4 nitrogen and oxygen atoms in total. The Morgan fingerprint density at radius 2 is 1.72 bits per heavy atom. The van der Waals surface area contributed by atoms with Crippen LogP contribution in [0.1, 0.15) is 17.2 Å². The lowest BCUT2D eigenvalue weighted by atomic mass is 10.1. The van der Waals surface area contributed by atoms with Crippen LogP contribution in [0.2, 0.25) is 5.02 Å². The quantitative estimate of drug-likeness (QED) is 0.806. The van der Waals surface area contributed by atoms with Crippen LogP contribution in [0.5, 0.6) is 0 Å². The lowest BCUT2D eigenvalue weighted by molar-refractivity contribution is -0.137. The zero-order valence-electron chi connectivity index (χ0n) is 13.0. The van der Waals surface area contributed by atoms with Gasteiger partial charge in [0.2, 0.25) is 10.0 Å². The van der Waals surface area contributed by atoms with Crippen LogP contribution in [0.15, 0.2) is 53.4 Å². The highest BCUT2D eigenvalue weighted by Crippen LogP contribution is 2.30. The summed E-state index contributed by atoms with van der Waals surface area (Å²) in [7, 11) is -2.59. The smallest absolute Gasteiger partial charge is 0.375 e. The molecule has 0 fully saturated rings. The molecule has 0 spiro atoms. The molecule has 0 aliphatic rings. The summed E-state index contributed by atoms with van der Waals surface area (Å²) in [6, 6.07) is 10.1. The number of rotatable bonds is 6. The molecule has 1 N–H and O–H groups in total. The average Bonchev–Trinajstić information content (AvgIpc) is 2.56. The van der Waals surface area contributed by atoms with E-state index in [0.29, 0.717) is 10.6 Å². The number of ether oxygens (including phenoxy) is 1. The van der Waals surface area contributed by atoms with Crippen LogP contribution in [0, 0.1) is 0 Å². The van der Waals surface area contributed by atoms with Gasteiger partial charge in [0.1, 0.15) is 0 Å². The maximum Gasteiger partial charge on any atom is 0.416 e. The zero-order chi connectivity index (χ0) is 18.7. The highest BCUT2D eigenvalue weighted by atomic mass is 35.5. The molecular formula is C16H15ClF3NO3S. The van der Waals surface area contributed by atoms with E-state index < -0.39 is 27.9 Å². The van der Waals surface area contributed by atoms with Gasteiger partial charge in [-0.3, -0.25) is 0 Å². The van der Waals surface area contributed by atoms with E-state index in [0.717, 1.165) is 24.3 Å². The minimum atomic E-state index is -4.53. The molecule has 0 radical (unpaired) electrons. The maximum atomic E-state index is 12.5. The highest BCUT2D eigenvalue weighted by molar-refractivity contribution is 7.89. The summed E-state index contributed by atoms with van der Waals surface area (Å²) in [5.74, 6) is 0. The lowest BCUT2D eigenvalue weighted by Crippen LogP contribution is -2.29. The van der Waals surface area contributed by atoms with Gasteiger partial charge in [-0.05, 0) is 30.3 Å². The maximum absolute atomic E-state index is 12.5. The van der Waals surface area contributed by atoms with Gasteiger partial charge in [0.25, 0.3) is 0 Å². The highest BCUT2D eigenvalue weighted by Gasteiger charge is 2.30. The van der Waals surface area contributed by atoms with E-state index in [-0.39, 0.29) is 11.4 Å². The number of alkyl halides is 3. The summed E-state index contributed by atoms with van der Waals surface area (Å²) in [5.41, 5.74) is -0.320. The molecule has 0 heterocycles. The number of hydrogen-bond acceptors (Lipinski definition) is 3. The van der Waals surface area contributed by atoms with Crippen molar-refractivity contribution in [1.82, 2.24) is 4.72 Å². The van der Waals surface area contributed by atoms with E-state index in [1.807, 2.05) is 0 Å². The van der Waals surface area contributed by atoms with Crippen molar-refractivity contribution in [2.45, 2.75) is 17.2 Å². The minimum absolute atomic E-state index is 0.121. The van der Waals surface area contributed by atoms with Gasteiger partial charge in [0.05, 0.1) is 16.6 Å². The Kier molecular flexibility index (Phi) is 6.10. The van der Waals surface area contributed by atoms with Crippen LogP contribution in [0.25, 0.3) is 0 Å². The number of nitrogens with one attached hydrogen (secondary N) is 1. The van der Waals surface area contributed by atoms with Crippen LogP contribution in [-0.2, 0) is 20.9 Å². The van der Waals surface area contributed by atoms with Crippen molar-refractivity contribution in [2.75, 3.05) is 13.7 Å². The van der Waals surface area contributed by atoms with Crippen LogP contribution in [0.3, 0.4) is 0 Å². The van der Waals surface area contributed by atoms with Crippen molar-refractivity contribution < 1.29 is 26.3 Å². The Bertz CT molecular complexity index is 823. The summed E-state index contributed by atoms with van der Waals surface area (Å²) in [6.45, 7) is -0.121. The summed E-state index contributed by atoms with van der Waals surface area (Å²) < 4.78 is 69.7. The van der Waals surface area contributed by atoms with Gasteiger partial charge in [-0.2, -0.15) is 13.2 Å². The van der Waals surface area contributed by atoms with Gasteiger partial charge >= 0.3 is 6.18 Å². The normalized spacial score (nSPS) is 13.6. The molecule has 0 aromatic heterocycles. The van der Waals surface area contributed by atoms with Crippen molar-refractivity contribution in [3.05, 3.63) is 64.7 Å². The fourth-order valence-corrected chi connectivity index (χ4v) is 3.44. The van der Waals surface area contributed by atoms with E-state index in [1.54, 1.807) is 24.3 Å². The third-order valence-corrected chi connectivity index (χ3v) is 5.27. The first kappa shape index (κ1) is 19.7. The fourth-order valence-electron chi connectivity index (χ4n) is 2.15. The first-order valence-corrected chi connectivity index (χ1v) is 8.95. The first-order valence-electron chi connectivity index (χ1n) is 7.09.